The van der Waals surface area contributed by atoms with Gasteiger partial charge >= 0.3 is 5.97 Å². The molecule has 1 aromatic carbocycles. The van der Waals surface area contributed by atoms with Gasteiger partial charge in [-0.2, -0.15) is 0 Å². The minimum Gasteiger partial charge on any atom is -0.494 e. The summed E-state index contributed by atoms with van der Waals surface area (Å²) >= 11 is 0. The molecule has 1 rings (SSSR count). The number of carbonyl (C=O) groups is 1. The Kier molecular flexibility index (Phi) is 5.31. The predicted molar refractivity (Wildman–Crippen MR) is 70.5 cm³/mol. The lowest BCUT2D eigenvalue weighted by molar-refractivity contribution is -0.134. The van der Waals surface area contributed by atoms with Crippen molar-refractivity contribution >= 4 is 16.0 Å². The lowest BCUT2D eigenvalue weighted by atomic mass is 10.2. The van der Waals surface area contributed by atoms with Crippen LogP contribution in [0.4, 0.5) is 0 Å². The van der Waals surface area contributed by atoms with E-state index in [1.165, 1.54) is 7.05 Å². The second-order valence-corrected chi connectivity index (χ2v) is 6.06. The Labute approximate surface area is 112 Å². The number of hydrogen-bond donors (Lipinski definition) is 1. The number of aliphatic carboxylic acids is 1. The van der Waals surface area contributed by atoms with E-state index in [4.69, 9.17) is 9.84 Å². The van der Waals surface area contributed by atoms with Crippen LogP contribution in [0.2, 0.25) is 0 Å². The Bertz CT molecular complexity index is 524. The highest BCUT2D eigenvalue weighted by Gasteiger charge is 2.21. The molecule has 0 saturated carbocycles. The van der Waals surface area contributed by atoms with E-state index in [1.807, 2.05) is 6.92 Å². The van der Waals surface area contributed by atoms with Gasteiger partial charge in [0.05, 0.1) is 6.61 Å². The molecule has 1 aromatic rings. The molecule has 19 heavy (non-hydrogen) atoms. The van der Waals surface area contributed by atoms with Crippen LogP contribution in [0.3, 0.4) is 0 Å². The fraction of sp³-hybridized carbons (Fsp3) is 0.417. The van der Waals surface area contributed by atoms with E-state index in [1.54, 1.807) is 24.3 Å². The highest BCUT2D eigenvalue weighted by Crippen LogP contribution is 2.14. The highest BCUT2D eigenvalue weighted by molar-refractivity contribution is 7.89. The van der Waals surface area contributed by atoms with E-state index >= 15 is 0 Å². The van der Waals surface area contributed by atoms with Crippen molar-refractivity contribution in [3.8, 4) is 5.75 Å². The fourth-order valence-corrected chi connectivity index (χ4v) is 2.36. The number of sulfonamides is 1. The molecular weight excluding hydrogens is 270 g/mol. The van der Waals surface area contributed by atoms with Gasteiger partial charge in [0.15, 0.2) is 5.75 Å². The molecule has 0 unspecified atom stereocenters. The quantitative estimate of drug-likeness (QED) is 0.806. The van der Waals surface area contributed by atoms with Crippen LogP contribution < -0.4 is 4.74 Å². The van der Waals surface area contributed by atoms with Crippen LogP contribution >= 0.6 is 0 Å². The summed E-state index contributed by atoms with van der Waals surface area (Å²) in [6.45, 7) is 2.56. The van der Waals surface area contributed by atoms with Crippen LogP contribution in [0.1, 0.15) is 12.5 Å². The lowest BCUT2D eigenvalue weighted by Crippen LogP contribution is -2.31. The van der Waals surface area contributed by atoms with E-state index in [0.717, 1.165) is 9.87 Å². The normalized spacial score (nSPS) is 11.5. The second kappa shape index (κ2) is 6.53. The van der Waals surface area contributed by atoms with Gasteiger partial charge in [-0.25, -0.2) is 12.7 Å². The molecule has 0 amide bonds. The summed E-state index contributed by atoms with van der Waals surface area (Å²) in [7, 11) is -2.42. The molecule has 0 atom stereocenters. The van der Waals surface area contributed by atoms with Crippen molar-refractivity contribution in [2.24, 2.45) is 0 Å². The number of hydrogen-bond acceptors (Lipinski definition) is 4. The molecule has 7 heteroatoms. The van der Waals surface area contributed by atoms with Crippen molar-refractivity contribution in [1.29, 1.82) is 0 Å². The number of carboxylic acids is 1. The van der Waals surface area contributed by atoms with Crippen molar-refractivity contribution in [1.82, 2.24) is 4.31 Å². The molecule has 0 aliphatic rings. The third kappa shape index (κ3) is 4.88. The van der Waals surface area contributed by atoms with Gasteiger partial charge in [-0.3, -0.25) is 4.79 Å². The first kappa shape index (κ1) is 15.5. The monoisotopic (exact) mass is 287 g/mol. The first-order valence-electron chi connectivity index (χ1n) is 5.72. The summed E-state index contributed by atoms with van der Waals surface area (Å²) < 4.78 is 29.6. The van der Waals surface area contributed by atoms with Crippen LogP contribution in [-0.4, -0.2) is 43.2 Å². The smallest absolute Gasteiger partial charge is 0.320 e. The molecule has 0 bridgehead atoms. The molecule has 0 aliphatic heterocycles. The number of rotatable bonds is 7. The molecule has 0 saturated heterocycles. The third-order valence-electron chi connectivity index (χ3n) is 2.42. The molecule has 0 aromatic heterocycles. The lowest BCUT2D eigenvalue weighted by Gasteiger charge is -2.16. The van der Waals surface area contributed by atoms with Gasteiger partial charge in [-0.15, -0.1) is 0 Å². The van der Waals surface area contributed by atoms with Gasteiger partial charge in [0.2, 0.25) is 10.0 Å². The van der Waals surface area contributed by atoms with Crippen LogP contribution in [0.15, 0.2) is 24.3 Å². The summed E-state index contributed by atoms with van der Waals surface area (Å²) in [5.74, 6) is -1.55. The topological polar surface area (TPSA) is 83.9 Å². The molecule has 0 heterocycles. The number of nitrogens with zero attached hydrogens (tertiary/aromatic N) is 1. The van der Waals surface area contributed by atoms with Gasteiger partial charge in [-0.1, -0.05) is 12.1 Å². The Morgan fingerprint density at radius 2 is 1.89 bits per heavy atom. The maximum Gasteiger partial charge on any atom is 0.320 e. The average molecular weight is 287 g/mol. The first-order chi connectivity index (χ1) is 8.85. The molecule has 0 fully saturated rings. The van der Waals surface area contributed by atoms with Gasteiger partial charge in [-0.05, 0) is 24.6 Å². The van der Waals surface area contributed by atoms with Crippen molar-refractivity contribution in [3.05, 3.63) is 29.8 Å². The molecule has 106 valence electrons. The summed E-state index contributed by atoms with van der Waals surface area (Å²) in [4.78, 5) is 10.5. The van der Waals surface area contributed by atoms with Gasteiger partial charge in [0.1, 0.15) is 5.75 Å². The Balaban J connectivity index is 2.71. The largest absolute Gasteiger partial charge is 0.494 e. The van der Waals surface area contributed by atoms with Crippen molar-refractivity contribution < 1.29 is 23.1 Å². The maximum absolute atomic E-state index is 11.6. The van der Waals surface area contributed by atoms with Crippen LogP contribution in [0.25, 0.3) is 0 Å². The second-order valence-electron chi connectivity index (χ2n) is 3.98. The van der Waals surface area contributed by atoms with E-state index < -0.39 is 21.7 Å². The zero-order valence-electron chi connectivity index (χ0n) is 10.9. The molecule has 1 N–H and O–H groups in total. The van der Waals surface area contributed by atoms with Crippen molar-refractivity contribution in [3.63, 3.8) is 0 Å². The zero-order chi connectivity index (χ0) is 14.5. The standard InChI is InChI=1S/C12H17NO5S/c1-3-18-11-6-4-10(5-7-11)8-13(2)19(16,17)9-12(14)15/h4-7H,3,8-9H2,1-2H3,(H,14,15). The average Bonchev–Trinajstić information content (AvgIpc) is 2.30. The van der Waals surface area contributed by atoms with Gasteiger partial charge < -0.3 is 9.84 Å². The summed E-state index contributed by atoms with van der Waals surface area (Å²) in [5.41, 5.74) is 0.764. The third-order valence-corrected chi connectivity index (χ3v) is 4.11. The van der Waals surface area contributed by atoms with Crippen LogP contribution in [-0.2, 0) is 21.4 Å². The van der Waals surface area contributed by atoms with E-state index in [-0.39, 0.29) is 6.54 Å². The SMILES string of the molecule is CCOc1ccc(CN(C)S(=O)(=O)CC(=O)O)cc1. The minimum absolute atomic E-state index is 0.127. The number of benzene rings is 1. The first-order valence-corrected chi connectivity index (χ1v) is 7.33. The van der Waals surface area contributed by atoms with E-state index in [9.17, 15) is 13.2 Å². The summed E-state index contributed by atoms with van der Waals surface area (Å²) in [6, 6.07) is 6.99. The Hall–Kier alpha value is -1.60. The zero-order valence-corrected chi connectivity index (χ0v) is 11.7. The van der Waals surface area contributed by atoms with Gasteiger partial charge in [0, 0.05) is 13.6 Å². The van der Waals surface area contributed by atoms with Crippen LogP contribution in [0, 0.1) is 0 Å². The van der Waals surface area contributed by atoms with Crippen molar-refractivity contribution in [2.75, 3.05) is 19.4 Å². The van der Waals surface area contributed by atoms with Crippen molar-refractivity contribution in [2.45, 2.75) is 13.5 Å². The summed E-state index contributed by atoms with van der Waals surface area (Å²) in [5, 5.41) is 8.54. The molecule has 0 aliphatic carbocycles. The van der Waals surface area contributed by atoms with E-state index in [0.29, 0.717) is 12.4 Å². The number of carboxylic acid groups (broad SMARTS) is 1. The highest BCUT2D eigenvalue weighted by atomic mass is 32.2. The predicted octanol–water partition coefficient (Wildman–Crippen LogP) is 0.931. The Morgan fingerprint density at radius 3 is 2.37 bits per heavy atom. The van der Waals surface area contributed by atoms with E-state index in [2.05, 4.69) is 0 Å². The van der Waals surface area contributed by atoms with Crippen LogP contribution in [0.5, 0.6) is 5.75 Å². The maximum atomic E-state index is 11.6. The minimum atomic E-state index is -3.78. The molecule has 6 nitrogen and oxygen atoms in total. The molecular formula is C12H17NO5S. The number of ether oxygens (including phenoxy) is 1. The summed E-state index contributed by atoms with van der Waals surface area (Å²) in [6.07, 6.45) is 0. The Morgan fingerprint density at radius 1 is 1.32 bits per heavy atom. The molecule has 0 spiro atoms. The van der Waals surface area contributed by atoms with Gasteiger partial charge in [0.25, 0.3) is 0 Å². The fourth-order valence-electron chi connectivity index (χ4n) is 1.48. The molecule has 0 radical (unpaired) electrons.